The first-order valence-corrected chi connectivity index (χ1v) is 5.83. The second-order valence-corrected chi connectivity index (χ2v) is 4.52. The van der Waals surface area contributed by atoms with Gasteiger partial charge in [0, 0.05) is 25.2 Å². The lowest BCUT2D eigenvalue weighted by Crippen LogP contribution is -2.30. The Balaban J connectivity index is 1.73. The summed E-state index contributed by atoms with van der Waals surface area (Å²) in [4.78, 5) is 2.26. The van der Waals surface area contributed by atoms with Crippen LogP contribution in [-0.4, -0.2) is 37.2 Å². The first kappa shape index (κ1) is 11.6. The number of nitrogens with two attached hydrogens (primary N) is 1. The van der Waals surface area contributed by atoms with Crippen LogP contribution in [0.2, 0.25) is 0 Å². The number of furan rings is 1. The molecule has 2 heterocycles. The second kappa shape index (κ2) is 5.48. The van der Waals surface area contributed by atoms with E-state index in [9.17, 15) is 0 Å². The van der Waals surface area contributed by atoms with E-state index in [-0.39, 0.29) is 6.10 Å². The predicted octanol–water partition coefficient (Wildman–Crippen LogP) is 1.22. The highest BCUT2D eigenvalue weighted by Crippen LogP contribution is 2.19. The second-order valence-electron chi connectivity index (χ2n) is 4.52. The van der Waals surface area contributed by atoms with Gasteiger partial charge in [0.2, 0.25) is 0 Å². The summed E-state index contributed by atoms with van der Waals surface area (Å²) < 4.78 is 10.9. The Morgan fingerprint density at radius 3 is 2.88 bits per heavy atom. The summed E-state index contributed by atoms with van der Waals surface area (Å²) in [6.07, 6.45) is 6.32. The van der Waals surface area contributed by atoms with E-state index in [1.165, 1.54) is 5.56 Å². The summed E-state index contributed by atoms with van der Waals surface area (Å²) in [6.45, 7) is 2.51. The minimum atomic E-state index is 0.271. The molecular formula is C12H20N2O2. The molecule has 0 amide bonds. The van der Waals surface area contributed by atoms with Crippen molar-refractivity contribution in [1.29, 1.82) is 0 Å². The zero-order valence-electron chi connectivity index (χ0n) is 9.76. The van der Waals surface area contributed by atoms with E-state index in [0.29, 0.717) is 12.6 Å². The molecule has 1 aliphatic heterocycles. The Labute approximate surface area is 96.4 Å². The molecule has 90 valence electrons. The van der Waals surface area contributed by atoms with Crippen LogP contribution in [0.3, 0.4) is 0 Å². The summed E-state index contributed by atoms with van der Waals surface area (Å²) in [7, 11) is 2.10. The molecule has 0 saturated carbocycles. The van der Waals surface area contributed by atoms with E-state index in [0.717, 1.165) is 25.9 Å². The van der Waals surface area contributed by atoms with Gasteiger partial charge in [0.25, 0.3) is 0 Å². The summed E-state index contributed by atoms with van der Waals surface area (Å²) in [5, 5.41) is 0. The van der Waals surface area contributed by atoms with Crippen LogP contribution in [0, 0.1) is 0 Å². The molecule has 2 unspecified atom stereocenters. The lowest BCUT2D eigenvalue weighted by atomic mass is 10.2. The molecule has 1 aromatic heterocycles. The third-order valence-electron chi connectivity index (χ3n) is 3.01. The Hall–Kier alpha value is -0.840. The maximum atomic E-state index is 5.81. The highest BCUT2D eigenvalue weighted by atomic mass is 16.5. The van der Waals surface area contributed by atoms with Crippen molar-refractivity contribution in [1.82, 2.24) is 4.90 Å². The van der Waals surface area contributed by atoms with Crippen molar-refractivity contribution in [2.75, 3.05) is 20.1 Å². The van der Waals surface area contributed by atoms with Gasteiger partial charge < -0.3 is 14.9 Å². The molecule has 1 aromatic rings. The summed E-state index contributed by atoms with van der Waals surface area (Å²) >= 11 is 0. The van der Waals surface area contributed by atoms with Gasteiger partial charge in [-0.15, -0.1) is 0 Å². The highest BCUT2D eigenvalue weighted by molar-refractivity contribution is 5.04. The maximum Gasteiger partial charge on any atom is 0.0947 e. The van der Waals surface area contributed by atoms with Gasteiger partial charge in [-0.25, -0.2) is 0 Å². The fourth-order valence-corrected chi connectivity index (χ4v) is 2.19. The molecule has 2 atom stereocenters. The number of rotatable bonds is 5. The van der Waals surface area contributed by atoms with Gasteiger partial charge in [0.1, 0.15) is 0 Å². The molecule has 0 aromatic carbocycles. The zero-order chi connectivity index (χ0) is 11.4. The number of ether oxygens (including phenoxy) is 1. The lowest BCUT2D eigenvalue weighted by molar-refractivity contribution is 0.0306. The van der Waals surface area contributed by atoms with Crippen LogP contribution >= 0.6 is 0 Å². The number of likely N-dealkylation sites (N-methyl/N-ethyl adjacent to an activating group) is 1. The smallest absolute Gasteiger partial charge is 0.0947 e. The molecule has 1 saturated heterocycles. The maximum absolute atomic E-state index is 5.81. The van der Waals surface area contributed by atoms with Crippen molar-refractivity contribution in [3.05, 3.63) is 24.2 Å². The van der Waals surface area contributed by atoms with Crippen LogP contribution in [0.1, 0.15) is 18.4 Å². The molecule has 4 nitrogen and oxygen atoms in total. The first-order chi connectivity index (χ1) is 7.78. The van der Waals surface area contributed by atoms with Crippen LogP contribution in [0.25, 0.3) is 0 Å². The van der Waals surface area contributed by atoms with Gasteiger partial charge in [-0.05, 0) is 26.0 Å². The highest BCUT2D eigenvalue weighted by Gasteiger charge is 2.24. The van der Waals surface area contributed by atoms with E-state index in [1.54, 1.807) is 12.5 Å². The van der Waals surface area contributed by atoms with Crippen molar-refractivity contribution >= 4 is 0 Å². The zero-order valence-corrected chi connectivity index (χ0v) is 9.76. The van der Waals surface area contributed by atoms with E-state index < -0.39 is 0 Å². The topological polar surface area (TPSA) is 51.6 Å². The van der Waals surface area contributed by atoms with E-state index in [4.69, 9.17) is 14.9 Å². The van der Waals surface area contributed by atoms with Gasteiger partial charge in [0.05, 0.1) is 24.7 Å². The number of nitrogens with zero attached hydrogens (tertiary/aromatic N) is 1. The summed E-state index contributed by atoms with van der Waals surface area (Å²) in [5.74, 6) is 0. The van der Waals surface area contributed by atoms with Crippen LogP contribution in [-0.2, 0) is 11.3 Å². The van der Waals surface area contributed by atoms with Gasteiger partial charge in [-0.3, -0.25) is 4.90 Å². The van der Waals surface area contributed by atoms with Crippen LogP contribution in [0.5, 0.6) is 0 Å². The fourth-order valence-electron chi connectivity index (χ4n) is 2.19. The Morgan fingerprint density at radius 1 is 1.44 bits per heavy atom. The summed E-state index contributed by atoms with van der Waals surface area (Å²) in [6, 6.07) is 1.99. The minimum absolute atomic E-state index is 0.271. The number of hydrogen-bond acceptors (Lipinski definition) is 4. The first-order valence-electron chi connectivity index (χ1n) is 5.83. The standard InChI is InChI=1S/C12H20N2O2/c1-14(7-10-4-5-15-9-10)8-12-3-2-11(6-13)16-12/h4-5,9,11-12H,2-3,6-8,13H2,1H3. The number of hydrogen-bond donors (Lipinski definition) is 1. The molecule has 0 bridgehead atoms. The quantitative estimate of drug-likeness (QED) is 0.817. The largest absolute Gasteiger partial charge is 0.472 e. The molecular weight excluding hydrogens is 204 g/mol. The Kier molecular flexibility index (Phi) is 3.98. The van der Waals surface area contributed by atoms with Crippen molar-refractivity contribution in [2.45, 2.75) is 31.6 Å². The monoisotopic (exact) mass is 224 g/mol. The molecule has 2 rings (SSSR count). The van der Waals surface area contributed by atoms with E-state index >= 15 is 0 Å². The van der Waals surface area contributed by atoms with Crippen molar-refractivity contribution in [2.24, 2.45) is 5.73 Å². The van der Waals surface area contributed by atoms with Crippen LogP contribution in [0.4, 0.5) is 0 Å². The molecule has 16 heavy (non-hydrogen) atoms. The average Bonchev–Trinajstić information content (AvgIpc) is 2.89. The third kappa shape index (κ3) is 3.07. The molecule has 4 heteroatoms. The van der Waals surface area contributed by atoms with E-state index in [2.05, 4.69) is 11.9 Å². The van der Waals surface area contributed by atoms with Crippen molar-refractivity contribution in [3.63, 3.8) is 0 Å². The van der Waals surface area contributed by atoms with Gasteiger partial charge in [-0.1, -0.05) is 0 Å². The molecule has 0 spiro atoms. The predicted molar refractivity (Wildman–Crippen MR) is 62.0 cm³/mol. The fraction of sp³-hybridized carbons (Fsp3) is 0.667. The van der Waals surface area contributed by atoms with Crippen LogP contribution < -0.4 is 5.73 Å². The molecule has 1 aliphatic rings. The average molecular weight is 224 g/mol. The van der Waals surface area contributed by atoms with Crippen molar-refractivity contribution in [3.8, 4) is 0 Å². The molecule has 2 N–H and O–H groups in total. The molecule has 0 radical (unpaired) electrons. The lowest BCUT2D eigenvalue weighted by Gasteiger charge is -2.20. The SMILES string of the molecule is CN(Cc1ccoc1)CC1CCC(CN)O1. The third-order valence-corrected chi connectivity index (χ3v) is 3.01. The van der Waals surface area contributed by atoms with Gasteiger partial charge >= 0.3 is 0 Å². The molecule has 1 fully saturated rings. The van der Waals surface area contributed by atoms with Gasteiger partial charge in [-0.2, -0.15) is 0 Å². The Morgan fingerprint density at radius 2 is 2.25 bits per heavy atom. The Bertz CT molecular complexity index is 300. The minimum Gasteiger partial charge on any atom is -0.472 e. The van der Waals surface area contributed by atoms with Crippen LogP contribution in [0.15, 0.2) is 23.0 Å². The van der Waals surface area contributed by atoms with Crippen molar-refractivity contribution < 1.29 is 9.15 Å². The normalized spacial score (nSPS) is 25.4. The van der Waals surface area contributed by atoms with E-state index in [1.807, 2.05) is 6.07 Å². The van der Waals surface area contributed by atoms with Gasteiger partial charge in [0.15, 0.2) is 0 Å². The molecule has 0 aliphatic carbocycles. The summed E-state index contributed by atoms with van der Waals surface area (Å²) in [5.41, 5.74) is 6.79.